The first kappa shape index (κ1) is 19.9. The monoisotopic (exact) mass is 435 g/mol. The third-order valence-electron chi connectivity index (χ3n) is 5.39. The number of halogens is 1. The zero-order chi connectivity index (χ0) is 19.6. The van der Waals surface area contributed by atoms with Crippen LogP contribution in [0.5, 0.6) is 0 Å². The molecule has 0 aliphatic carbocycles. The van der Waals surface area contributed by atoms with Crippen molar-refractivity contribution in [2.24, 2.45) is 5.92 Å². The highest BCUT2D eigenvalue weighted by Crippen LogP contribution is 2.23. The van der Waals surface area contributed by atoms with Gasteiger partial charge in [-0.05, 0) is 54.8 Å². The molecule has 7 heteroatoms. The number of hydrogen-bond donors (Lipinski definition) is 1. The lowest BCUT2D eigenvalue weighted by atomic mass is 10.0. The van der Waals surface area contributed by atoms with Crippen molar-refractivity contribution < 1.29 is 14.4 Å². The molecule has 2 aliphatic rings. The second-order valence-electron chi connectivity index (χ2n) is 7.60. The largest absolute Gasteiger partial charge is 0.353 e. The summed E-state index contributed by atoms with van der Waals surface area (Å²) in [4.78, 5) is 40.8. The average molecular weight is 436 g/mol. The highest BCUT2D eigenvalue weighted by molar-refractivity contribution is 9.10. The molecule has 2 aliphatic heterocycles. The first-order chi connectivity index (χ1) is 12.9. The predicted molar refractivity (Wildman–Crippen MR) is 106 cm³/mol. The zero-order valence-corrected chi connectivity index (χ0v) is 17.4. The van der Waals surface area contributed by atoms with E-state index in [-0.39, 0.29) is 35.7 Å². The molecular formula is C20H26BrN3O3. The Labute approximate surface area is 168 Å². The van der Waals surface area contributed by atoms with Crippen LogP contribution in [0.3, 0.4) is 0 Å². The maximum absolute atomic E-state index is 12.7. The summed E-state index contributed by atoms with van der Waals surface area (Å²) in [5.41, 5.74) is 0.665. The minimum absolute atomic E-state index is 0.0150. The Morgan fingerprint density at radius 1 is 1.19 bits per heavy atom. The van der Waals surface area contributed by atoms with Crippen LogP contribution in [-0.4, -0.2) is 59.2 Å². The average Bonchev–Trinajstić information content (AvgIpc) is 3.04. The third-order valence-corrected chi connectivity index (χ3v) is 6.08. The van der Waals surface area contributed by atoms with Gasteiger partial charge in [-0.1, -0.05) is 12.1 Å². The van der Waals surface area contributed by atoms with Gasteiger partial charge in [0.15, 0.2) is 0 Å². The van der Waals surface area contributed by atoms with E-state index in [0.717, 1.165) is 17.3 Å². The van der Waals surface area contributed by atoms with E-state index in [9.17, 15) is 14.4 Å². The molecule has 2 saturated heterocycles. The van der Waals surface area contributed by atoms with Crippen LogP contribution >= 0.6 is 15.9 Å². The molecule has 1 N–H and O–H groups in total. The quantitative estimate of drug-likeness (QED) is 0.789. The van der Waals surface area contributed by atoms with E-state index in [2.05, 4.69) is 21.2 Å². The minimum atomic E-state index is -0.264. The van der Waals surface area contributed by atoms with Crippen LogP contribution in [0.25, 0.3) is 0 Å². The lowest BCUT2D eigenvalue weighted by molar-refractivity contribution is -0.130. The topological polar surface area (TPSA) is 69.7 Å². The van der Waals surface area contributed by atoms with E-state index in [1.165, 1.54) is 0 Å². The molecule has 0 radical (unpaired) electrons. The van der Waals surface area contributed by atoms with Crippen LogP contribution in [0.4, 0.5) is 0 Å². The molecule has 2 heterocycles. The number of likely N-dealkylation sites (tertiary alicyclic amines) is 2. The fourth-order valence-electron chi connectivity index (χ4n) is 3.76. The summed E-state index contributed by atoms with van der Waals surface area (Å²) < 4.78 is 0.797. The second kappa shape index (κ2) is 8.42. The molecule has 27 heavy (non-hydrogen) atoms. The van der Waals surface area contributed by atoms with Gasteiger partial charge in [0.2, 0.25) is 11.8 Å². The minimum Gasteiger partial charge on any atom is -0.353 e. The highest BCUT2D eigenvalue weighted by Gasteiger charge is 2.36. The van der Waals surface area contributed by atoms with Crippen molar-refractivity contribution >= 4 is 33.7 Å². The predicted octanol–water partition coefficient (Wildman–Crippen LogP) is 2.43. The highest BCUT2D eigenvalue weighted by atomic mass is 79.9. The zero-order valence-electron chi connectivity index (χ0n) is 15.8. The molecule has 146 valence electrons. The van der Waals surface area contributed by atoms with Gasteiger partial charge in [0.05, 0.1) is 11.5 Å². The van der Waals surface area contributed by atoms with Crippen LogP contribution in [0.15, 0.2) is 28.7 Å². The van der Waals surface area contributed by atoms with Gasteiger partial charge in [0.1, 0.15) is 0 Å². The molecule has 0 bridgehead atoms. The second-order valence-corrected chi connectivity index (χ2v) is 8.45. The maximum atomic E-state index is 12.7. The Bertz CT molecular complexity index is 729. The first-order valence-electron chi connectivity index (χ1n) is 9.50. The Morgan fingerprint density at radius 2 is 1.85 bits per heavy atom. The molecule has 3 amide bonds. The van der Waals surface area contributed by atoms with Crippen LogP contribution in [-0.2, 0) is 9.59 Å². The number of piperidine rings is 1. The summed E-state index contributed by atoms with van der Waals surface area (Å²) in [5, 5.41) is 3.09. The molecule has 3 rings (SSSR count). The van der Waals surface area contributed by atoms with E-state index < -0.39 is 0 Å². The van der Waals surface area contributed by atoms with Crippen LogP contribution in [0.1, 0.15) is 43.5 Å². The van der Waals surface area contributed by atoms with Gasteiger partial charge in [-0.2, -0.15) is 0 Å². The van der Waals surface area contributed by atoms with Gasteiger partial charge in [-0.15, -0.1) is 0 Å². The summed E-state index contributed by atoms with van der Waals surface area (Å²) in [6.07, 6.45) is 1.76. The van der Waals surface area contributed by atoms with Crippen molar-refractivity contribution in [1.82, 2.24) is 15.1 Å². The van der Waals surface area contributed by atoms with Crippen molar-refractivity contribution in [3.8, 4) is 0 Å². The van der Waals surface area contributed by atoms with Crippen molar-refractivity contribution in [3.63, 3.8) is 0 Å². The summed E-state index contributed by atoms with van der Waals surface area (Å²) in [7, 11) is 0. The van der Waals surface area contributed by atoms with E-state index in [1.54, 1.807) is 4.90 Å². The number of rotatable bonds is 4. The molecule has 1 atom stereocenters. The molecule has 0 spiro atoms. The Hall–Kier alpha value is -1.89. The normalized spacial score (nSPS) is 21.0. The fraction of sp³-hybridized carbons (Fsp3) is 0.550. The van der Waals surface area contributed by atoms with Crippen molar-refractivity contribution in [3.05, 3.63) is 34.3 Å². The number of nitrogens with zero attached hydrogens (tertiary/aromatic N) is 2. The molecule has 2 fully saturated rings. The molecule has 1 aromatic rings. The van der Waals surface area contributed by atoms with E-state index in [0.29, 0.717) is 31.6 Å². The Morgan fingerprint density at radius 3 is 2.44 bits per heavy atom. The number of amides is 3. The summed E-state index contributed by atoms with van der Waals surface area (Å²) in [6.45, 7) is 5.67. The lowest BCUT2D eigenvalue weighted by Gasteiger charge is -2.33. The molecule has 1 unspecified atom stereocenters. The summed E-state index contributed by atoms with van der Waals surface area (Å²) >= 11 is 3.43. The number of nitrogens with one attached hydrogen (secondary N) is 1. The van der Waals surface area contributed by atoms with E-state index in [1.807, 2.05) is 43.0 Å². The van der Waals surface area contributed by atoms with Gasteiger partial charge in [0.25, 0.3) is 5.91 Å². The maximum Gasteiger partial charge on any atom is 0.254 e. The fourth-order valence-corrected chi connectivity index (χ4v) is 4.21. The van der Waals surface area contributed by atoms with Gasteiger partial charge in [-0.3, -0.25) is 14.4 Å². The number of benzene rings is 1. The number of carbonyl (C=O) groups is 3. The Balaban J connectivity index is 1.50. The van der Waals surface area contributed by atoms with E-state index >= 15 is 0 Å². The third kappa shape index (κ3) is 4.51. The summed E-state index contributed by atoms with van der Waals surface area (Å²) in [5.74, 6) is -0.234. The first-order valence-corrected chi connectivity index (χ1v) is 10.3. The molecule has 0 aromatic heterocycles. The van der Waals surface area contributed by atoms with Gasteiger partial charge >= 0.3 is 0 Å². The molecular weight excluding hydrogens is 410 g/mol. The lowest BCUT2D eigenvalue weighted by Crippen LogP contribution is -2.48. The molecule has 1 aromatic carbocycles. The standard InChI is InChI=1S/C20H26BrN3O3/c1-13(2)24-12-14(11-18(24)25)19(26)22-15-7-9-23(10-8-15)20(27)16-5-3-4-6-17(16)21/h3-6,13-15H,7-12H2,1-2H3,(H,22,26). The summed E-state index contributed by atoms with van der Waals surface area (Å²) in [6, 6.07) is 7.61. The van der Waals surface area contributed by atoms with Crippen molar-refractivity contribution in [1.29, 1.82) is 0 Å². The van der Waals surface area contributed by atoms with Gasteiger partial charge in [0, 0.05) is 42.6 Å². The van der Waals surface area contributed by atoms with Gasteiger partial charge < -0.3 is 15.1 Å². The SMILES string of the molecule is CC(C)N1CC(C(=O)NC2CCN(C(=O)c3ccccc3Br)CC2)CC1=O. The molecule has 0 saturated carbocycles. The van der Waals surface area contributed by atoms with Crippen molar-refractivity contribution in [2.45, 2.75) is 45.2 Å². The van der Waals surface area contributed by atoms with Crippen LogP contribution in [0.2, 0.25) is 0 Å². The number of carbonyl (C=O) groups excluding carboxylic acids is 3. The molecule has 6 nitrogen and oxygen atoms in total. The van der Waals surface area contributed by atoms with Gasteiger partial charge in [-0.25, -0.2) is 0 Å². The van der Waals surface area contributed by atoms with Crippen molar-refractivity contribution in [2.75, 3.05) is 19.6 Å². The van der Waals surface area contributed by atoms with Crippen LogP contribution in [0, 0.1) is 5.92 Å². The Kier molecular flexibility index (Phi) is 6.19. The van der Waals surface area contributed by atoms with E-state index in [4.69, 9.17) is 0 Å². The number of hydrogen-bond acceptors (Lipinski definition) is 3. The van der Waals surface area contributed by atoms with Crippen LogP contribution < -0.4 is 5.32 Å². The smallest absolute Gasteiger partial charge is 0.254 e.